The number of piperidine rings is 1. The normalized spacial score (nSPS) is 17.4. The SMILES string of the molecule is CCCCCCCCCC(CCCCCCCC)CCCC(CCCC(CCCCCCCC)CCCCCCCCC)ON1C(C)(C)CC(OC(C)=O)CC1(C)C. The van der Waals surface area contributed by atoms with E-state index in [1.165, 1.54) is 231 Å². The Morgan fingerprint density at radius 3 is 1.02 bits per heavy atom. The smallest absolute Gasteiger partial charge is 0.302 e. The number of ether oxygens (including phenoxy) is 1. The van der Waals surface area contributed by atoms with Gasteiger partial charge >= 0.3 is 5.97 Å². The van der Waals surface area contributed by atoms with Crippen LogP contribution in [0.4, 0.5) is 0 Å². The summed E-state index contributed by atoms with van der Waals surface area (Å²) in [5.41, 5.74) is -0.399. The van der Waals surface area contributed by atoms with Gasteiger partial charge in [-0.15, -0.1) is 0 Å². The first-order valence-electron chi connectivity index (χ1n) is 26.6. The van der Waals surface area contributed by atoms with Crippen molar-refractivity contribution >= 4 is 5.97 Å². The van der Waals surface area contributed by atoms with Gasteiger partial charge in [-0.1, -0.05) is 246 Å². The van der Waals surface area contributed by atoms with Crippen LogP contribution in [0.3, 0.4) is 0 Å². The first-order valence-corrected chi connectivity index (χ1v) is 26.6. The summed E-state index contributed by atoms with van der Waals surface area (Å²) in [7, 11) is 0. The average molecular weight is 818 g/mol. The minimum absolute atomic E-state index is 0.0513. The number of hydrogen-bond acceptors (Lipinski definition) is 4. The van der Waals surface area contributed by atoms with Crippen LogP contribution in [0.15, 0.2) is 0 Å². The molecule has 2 unspecified atom stereocenters. The molecule has 1 heterocycles. The van der Waals surface area contributed by atoms with E-state index in [9.17, 15) is 4.79 Å². The Kier molecular flexibility index (Phi) is 34.3. The zero-order valence-electron chi connectivity index (χ0n) is 41.4. The highest BCUT2D eigenvalue weighted by Gasteiger charge is 2.48. The lowest BCUT2D eigenvalue weighted by atomic mass is 9.80. The fraction of sp³-hybridized carbons (Fsp3) is 0.981. The highest BCUT2D eigenvalue weighted by molar-refractivity contribution is 5.66. The molecule has 1 fully saturated rings. The molecule has 4 heteroatoms. The standard InChI is InChI=1S/C54H107NO3/c1-10-14-18-22-26-30-34-40-49(38-32-28-24-20-16-12-3)42-36-44-51(58-55-53(6,7)46-52(57-48(5)56)47-54(55,8)9)45-37-43-50(39-33-29-25-21-17-13-4)41-35-31-27-23-19-15-11-2/h49-52H,10-47H2,1-9H3. The third-order valence-corrected chi connectivity index (χ3v) is 13.8. The summed E-state index contributed by atoms with van der Waals surface area (Å²) in [5.74, 6) is 1.58. The molecular weight excluding hydrogens is 711 g/mol. The molecule has 0 aromatic heterocycles. The number of hydroxylamine groups is 2. The van der Waals surface area contributed by atoms with Gasteiger partial charge < -0.3 is 4.74 Å². The Balaban J connectivity index is 3.01. The zero-order chi connectivity index (χ0) is 42.7. The maximum atomic E-state index is 12.0. The van der Waals surface area contributed by atoms with Crippen LogP contribution in [0.5, 0.6) is 0 Å². The number of unbranched alkanes of at least 4 members (excludes halogenated alkanes) is 22. The lowest BCUT2D eigenvalue weighted by Crippen LogP contribution is -2.62. The Bertz CT molecular complexity index is 854. The fourth-order valence-electron chi connectivity index (χ4n) is 10.5. The maximum absolute atomic E-state index is 12.0. The number of rotatable bonds is 41. The summed E-state index contributed by atoms with van der Waals surface area (Å²) in [6.45, 7) is 20.1. The summed E-state index contributed by atoms with van der Waals surface area (Å²) in [4.78, 5) is 19.3. The molecule has 0 amide bonds. The minimum Gasteiger partial charge on any atom is -0.462 e. The predicted octanol–water partition coefficient (Wildman–Crippen LogP) is 18.2. The molecule has 0 aliphatic carbocycles. The molecule has 1 saturated heterocycles. The Morgan fingerprint density at radius 1 is 0.448 bits per heavy atom. The molecule has 0 radical (unpaired) electrons. The molecule has 0 aromatic rings. The molecule has 2 atom stereocenters. The monoisotopic (exact) mass is 818 g/mol. The Hall–Kier alpha value is -0.610. The van der Waals surface area contributed by atoms with E-state index < -0.39 is 0 Å². The molecule has 1 rings (SSSR count). The third kappa shape index (κ3) is 28.8. The molecule has 0 N–H and O–H groups in total. The summed E-state index contributed by atoms with van der Waals surface area (Å²) in [6.07, 6.45) is 51.8. The van der Waals surface area contributed by atoms with Gasteiger partial charge in [0.25, 0.3) is 0 Å². The van der Waals surface area contributed by atoms with Gasteiger partial charge in [-0.3, -0.25) is 9.63 Å². The van der Waals surface area contributed by atoms with Crippen LogP contribution in [-0.4, -0.2) is 34.3 Å². The summed E-state index contributed by atoms with van der Waals surface area (Å²) in [6, 6.07) is 0. The van der Waals surface area contributed by atoms with Crippen molar-refractivity contribution in [2.75, 3.05) is 0 Å². The second-order valence-electron chi connectivity index (χ2n) is 20.8. The summed E-state index contributed by atoms with van der Waals surface area (Å²) < 4.78 is 5.83. The highest BCUT2D eigenvalue weighted by atomic mass is 16.7. The van der Waals surface area contributed by atoms with Gasteiger partial charge in [0.15, 0.2) is 0 Å². The Labute approximate surface area is 365 Å². The van der Waals surface area contributed by atoms with Crippen molar-refractivity contribution in [1.29, 1.82) is 0 Å². The largest absolute Gasteiger partial charge is 0.462 e. The quantitative estimate of drug-likeness (QED) is 0.0455. The molecule has 0 saturated carbocycles. The van der Waals surface area contributed by atoms with Gasteiger partial charge in [0.1, 0.15) is 6.10 Å². The van der Waals surface area contributed by atoms with E-state index in [-0.39, 0.29) is 29.3 Å². The van der Waals surface area contributed by atoms with Crippen LogP contribution in [0.25, 0.3) is 0 Å². The number of carbonyl (C=O) groups is 1. The maximum Gasteiger partial charge on any atom is 0.302 e. The highest BCUT2D eigenvalue weighted by Crippen LogP contribution is 2.41. The van der Waals surface area contributed by atoms with E-state index >= 15 is 0 Å². The first-order chi connectivity index (χ1) is 28.0. The second-order valence-corrected chi connectivity index (χ2v) is 20.8. The molecule has 1 aliphatic heterocycles. The van der Waals surface area contributed by atoms with Gasteiger partial charge in [-0.25, -0.2) is 0 Å². The van der Waals surface area contributed by atoms with Crippen molar-refractivity contribution in [3.63, 3.8) is 0 Å². The van der Waals surface area contributed by atoms with E-state index in [2.05, 4.69) is 60.5 Å². The summed E-state index contributed by atoms with van der Waals surface area (Å²) >= 11 is 0. The molecular formula is C54H107NO3. The van der Waals surface area contributed by atoms with Crippen molar-refractivity contribution < 1.29 is 14.4 Å². The van der Waals surface area contributed by atoms with Crippen LogP contribution in [-0.2, 0) is 14.4 Å². The number of carbonyl (C=O) groups excluding carboxylic acids is 1. The third-order valence-electron chi connectivity index (χ3n) is 13.8. The summed E-state index contributed by atoms with van der Waals surface area (Å²) in [5, 5.41) is 2.36. The van der Waals surface area contributed by atoms with Gasteiger partial charge in [0, 0.05) is 30.8 Å². The average Bonchev–Trinajstić information content (AvgIpc) is 3.16. The van der Waals surface area contributed by atoms with Crippen molar-refractivity contribution in [1.82, 2.24) is 5.06 Å². The first kappa shape index (κ1) is 55.4. The molecule has 4 nitrogen and oxygen atoms in total. The second kappa shape index (κ2) is 35.9. The van der Waals surface area contributed by atoms with E-state index in [0.717, 1.165) is 24.7 Å². The van der Waals surface area contributed by atoms with Gasteiger partial charge in [-0.2, -0.15) is 5.06 Å². The van der Waals surface area contributed by atoms with Crippen LogP contribution >= 0.6 is 0 Å². The number of nitrogens with zero attached hydrogens (tertiary/aromatic N) is 1. The number of hydrogen-bond donors (Lipinski definition) is 0. The van der Waals surface area contributed by atoms with Crippen LogP contribution in [0, 0.1) is 11.8 Å². The van der Waals surface area contributed by atoms with Crippen molar-refractivity contribution in [3.8, 4) is 0 Å². The van der Waals surface area contributed by atoms with Gasteiger partial charge in [0.2, 0.25) is 0 Å². The fourth-order valence-corrected chi connectivity index (χ4v) is 10.5. The predicted molar refractivity (Wildman–Crippen MR) is 256 cm³/mol. The van der Waals surface area contributed by atoms with Crippen LogP contribution in [0.2, 0.25) is 0 Å². The molecule has 58 heavy (non-hydrogen) atoms. The van der Waals surface area contributed by atoms with E-state index in [1.54, 1.807) is 6.92 Å². The van der Waals surface area contributed by atoms with Gasteiger partial charge in [-0.05, 0) is 52.4 Å². The van der Waals surface area contributed by atoms with Crippen molar-refractivity contribution in [3.05, 3.63) is 0 Å². The molecule has 1 aliphatic rings. The zero-order valence-corrected chi connectivity index (χ0v) is 41.4. The number of esters is 1. The van der Waals surface area contributed by atoms with E-state index in [4.69, 9.17) is 9.57 Å². The Morgan fingerprint density at radius 2 is 0.724 bits per heavy atom. The molecule has 0 spiro atoms. The molecule has 0 bridgehead atoms. The topological polar surface area (TPSA) is 38.8 Å². The molecule has 346 valence electrons. The van der Waals surface area contributed by atoms with E-state index in [1.807, 2.05) is 0 Å². The molecule has 0 aromatic carbocycles. The minimum atomic E-state index is -0.199. The van der Waals surface area contributed by atoms with Gasteiger partial charge in [0.05, 0.1) is 6.10 Å². The van der Waals surface area contributed by atoms with E-state index in [0.29, 0.717) is 0 Å². The lowest BCUT2D eigenvalue weighted by Gasteiger charge is -2.54. The van der Waals surface area contributed by atoms with Crippen LogP contribution in [0.1, 0.15) is 306 Å². The van der Waals surface area contributed by atoms with Crippen LogP contribution < -0.4 is 0 Å². The van der Waals surface area contributed by atoms with Crippen molar-refractivity contribution in [2.45, 2.75) is 330 Å². The van der Waals surface area contributed by atoms with Crippen molar-refractivity contribution in [2.24, 2.45) is 11.8 Å². The lowest BCUT2D eigenvalue weighted by molar-refractivity contribution is -0.316.